The Balaban J connectivity index is 0.000000238. The first-order chi connectivity index (χ1) is 12.7. The number of aryl methyl sites for hydroxylation is 1. The van der Waals surface area contributed by atoms with E-state index in [0.717, 1.165) is 23.4 Å². The molecule has 3 aromatic rings. The van der Waals surface area contributed by atoms with Crippen LogP contribution in [0.1, 0.15) is 39.7 Å². The van der Waals surface area contributed by atoms with Crippen molar-refractivity contribution in [2.75, 3.05) is 0 Å². The lowest BCUT2D eigenvalue weighted by molar-refractivity contribution is 0.913. The lowest BCUT2D eigenvalue weighted by Gasteiger charge is -1.94. The maximum absolute atomic E-state index is 4.35. The van der Waals surface area contributed by atoms with E-state index in [4.69, 9.17) is 0 Å². The molecule has 0 fully saturated rings. The second-order valence-electron chi connectivity index (χ2n) is 5.20. The molecule has 0 bridgehead atoms. The average molecular weight is 368 g/mol. The minimum absolute atomic E-state index is 0.988. The van der Waals surface area contributed by atoms with E-state index in [1.807, 2.05) is 75.4 Å². The second-order valence-corrected chi connectivity index (χ2v) is 5.98. The van der Waals surface area contributed by atoms with Crippen molar-refractivity contribution < 1.29 is 0 Å². The van der Waals surface area contributed by atoms with Crippen molar-refractivity contribution in [1.82, 2.24) is 9.55 Å². The van der Waals surface area contributed by atoms with Crippen molar-refractivity contribution in [3.05, 3.63) is 71.3 Å². The van der Waals surface area contributed by atoms with Gasteiger partial charge in [-0.25, -0.2) is 4.98 Å². The van der Waals surface area contributed by atoms with E-state index < -0.39 is 0 Å². The smallest absolute Gasteiger partial charge is 0.0951 e. The summed E-state index contributed by atoms with van der Waals surface area (Å²) >= 11 is 1.70. The van der Waals surface area contributed by atoms with Gasteiger partial charge in [-0.1, -0.05) is 57.2 Å². The van der Waals surface area contributed by atoms with E-state index in [1.54, 1.807) is 11.3 Å². The predicted octanol–water partition coefficient (Wildman–Crippen LogP) is 6.70. The quantitative estimate of drug-likeness (QED) is 0.472. The van der Waals surface area contributed by atoms with Crippen LogP contribution < -0.4 is 0 Å². The number of hydrogen-bond acceptors (Lipinski definition) is 3. The third-order valence-electron chi connectivity index (χ3n) is 3.28. The summed E-state index contributed by atoms with van der Waals surface area (Å²) in [6.45, 7) is 8.10. The molecule has 0 spiro atoms. The topological polar surface area (TPSA) is 30.2 Å². The van der Waals surface area contributed by atoms with Gasteiger partial charge in [-0.3, -0.25) is 4.99 Å². The van der Waals surface area contributed by atoms with Crippen molar-refractivity contribution in [3.63, 3.8) is 0 Å². The van der Waals surface area contributed by atoms with Crippen molar-refractivity contribution in [1.29, 1.82) is 0 Å². The second kappa shape index (κ2) is 12.8. The van der Waals surface area contributed by atoms with Crippen LogP contribution in [-0.2, 0) is 7.05 Å². The molecule has 26 heavy (non-hydrogen) atoms. The molecule has 0 saturated heterocycles. The molecule has 3 rings (SSSR count). The fourth-order valence-electron chi connectivity index (χ4n) is 2.09. The van der Waals surface area contributed by atoms with Gasteiger partial charge in [-0.2, -0.15) is 11.3 Å². The number of aliphatic imine (C=N–C) groups is 1. The first-order valence-corrected chi connectivity index (χ1v) is 9.93. The molecule has 0 aliphatic rings. The summed E-state index contributed by atoms with van der Waals surface area (Å²) in [7, 11) is 1.97. The molecular formula is C22H29N3S. The minimum atomic E-state index is 0.988. The Morgan fingerprint density at radius 3 is 2.42 bits per heavy atom. The zero-order valence-electron chi connectivity index (χ0n) is 16.4. The summed E-state index contributed by atoms with van der Waals surface area (Å²) in [5, 5.41) is 4.18. The van der Waals surface area contributed by atoms with Gasteiger partial charge in [0.05, 0.1) is 17.7 Å². The van der Waals surface area contributed by atoms with Crippen molar-refractivity contribution in [2.45, 2.75) is 34.1 Å². The molecular weight excluding hydrogens is 338 g/mol. The Bertz CT molecular complexity index is 769. The highest BCUT2D eigenvalue weighted by atomic mass is 32.1. The van der Waals surface area contributed by atoms with Crippen LogP contribution in [0.5, 0.6) is 0 Å². The van der Waals surface area contributed by atoms with Crippen molar-refractivity contribution in [2.24, 2.45) is 12.0 Å². The predicted molar refractivity (Wildman–Crippen MR) is 117 cm³/mol. The molecule has 138 valence electrons. The van der Waals surface area contributed by atoms with Crippen LogP contribution in [0, 0.1) is 0 Å². The minimum Gasteiger partial charge on any atom is -0.340 e. The fraction of sp³-hybridized carbons (Fsp3) is 0.273. The molecule has 2 heterocycles. The average Bonchev–Trinajstić information content (AvgIpc) is 3.37. The molecule has 0 N–H and O–H groups in total. The highest BCUT2D eigenvalue weighted by Gasteiger charge is 1.97. The SMILES string of the molecule is C/C=C(\N=CCC)c1ccsc1.CC.Cn1cnc(-c2ccccc2)c1. The van der Waals surface area contributed by atoms with Gasteiger partial charge in [0.25, 0.3) is 0 Å². The summed E-state index contributed by atoms with van der Waals surface area (Å²) in [5.41, 5.74) is 4.47. The van der Waals surface area contributed by atoms with Gasteiger partial charge < -0.3 is 4.57 Å². The number of thiophene rings is 1. The highest BCUT2D eigenvalue weighted by Crippen LogP contribution is 2.18. The van der Waals surface area contributed by atoms with E-state index in [9.17, 15) is 0 Å². The van der Waals surface area contributed by atoms with E-state index in [-0.39, 0.29) is 0 Å². The third-order valence-corrected chi connectivity index (χ3v) is 3.96. The van der Waals surface area contributed by atoms with Gasteiger partial charge in [0.1, 0.15) is 0 Å². The molecule has 0 unspecified atom stereocenters. The molecule has 0 aliphatic carbocycles. The Labute approximate surface area is 161 Å². The van der Waals surface area contributed by atoms with Crippen LogP contribution >= 0.6 is 11.3 Å². The number of aromatic nitrogens is 2. The lowest BCUT2D eigenvalue weighted by atomic mass is 10.2. The number of nitrogens with zero attached hydrogens (tertiary/aromatic N) is 3. The summed E-state index contributed by atoms with van der Waals surface area (Å²) in [6.07, 6.45) is 8.78. The first-order valence-electron chi connectivity index (χ1n) is 8.99. The van der Waals surface area contributed by atoms with Gasteiger partial charge in [-0.15, -0.1) is 0 Å². The number of imidazole rings is 1. The van der Waals surface area contributed by atoms with Gasteiger partial charge >= 0.3 is 0 Å². The van der Waals surface area contributed by atoms with Crippen LogP contribution in [0.2, 0.25) is 0 Å². The van der Waals surface area contributed by atoms with Gasteiger partial charge in [-0.05, 0) is 24.8 Å². The van der Waals surface area contributed by atoms with Crippen LogP contribution in [0.3, 0.4) is 0 Å². The third kappa shape index (κ3) is 7.19. The Morgan fingerprint density at radius 2 is 1.92 bits per heavy atom. The summed E-state index contributed by atoms with van der Waals surface area (Å²) in [4.78, 5) is 8.59. The summed E-state index contributed by atoms with van der Waals surface area (Å²) < 4.78 is 1.95. The van der Waals surface area contributed by atoms with E-state index in [2.05, 4.69) is 45.9 Å². The molecule has 0 saturated carbocycles. The van der Waals surface area contributed by atoms with Crippen molar-refractivity contribution >= 4 is 23.2 Å². The highest BCUT2D eigenvalue weighted by molar-refractivity contribution is 7.08. The number of allylic oxidation sites excluding steroid dienone is 1. The molecule has 3 nitrogen and oxygen atoms in total. The Morgan fingerprint density at radius 1 is 1.19 bits per heavy atom. The van der Waals surface area contributed by atoms with E-state index in [1.165, 1.54) is 5.56 Å². The lowest BCUT2D eigenvalue weighted by Crippen LogP contribution is -1.78. The van der Waals surface area contributed by atoms with E-state index in [0.29, 0.717) is 0 Å². The van der Waals surface area contributed by atoms with Gasteiger partial charge in [0.15, 0.2) is 0 Å². The summed E-state index contributed by atoms with van der Waals surface area (Å²) in [6, 6.07) is 12.2. The largest absolute Gasteiger partial charge is 0.340 e. The molecule has 4 heteroatoms. The Kier molecular flexibility index (Phi) is 10.7. The number of benzene rings is 1. The summed E-state index contributed by atoms with van der Waals surface area (Å²) in [5.74, 6) is 0. The normalized spacial score (nSPS) is 10.7. The molecule has 0 aliphatic heterocycles. The van der Waals surface area contributed by atoms with Crippen LogP contribution in [0.15, 0.2) is 70.8 Å². The zero-order valence-corrected chi connectivity index (χ0v) is 17.2. The Hall–Kier alpha value is -2.46. The first kappa shape index (κ1) is 21.6. The number of rotatable bonds is 4. The molecule has 0 radical (unpaired) electrons. The molecule has 1 aromatic carbocycles. The monoisotopic (exact) mass is 367 g/mol. The maximum atomic E-state index is 4.35. The van der Waals surface area contributed by atoms with Crippen LogP contribution in [-0.4, -0.2) is 15.8 Å². The van der Waals surface area contributed by atoms with Crippen molar-refractivity contribution in [3.8, 4) is 11.3 Å². The van der Waals surface area contributed by atoms with Crippen LogP contribution in [0.25, 0.3) is 17.0 Å². The zero-order chi connectivity index (χ0) is 19.2. The molecule has 2 aromatic heterocycles. The maximum Gasteiger partial charge on any atom is 0.0951 e. The molecule has 0 atom stereocenters. The van der Waals surface area contributed by atoms with Gasteiger partial charge in [0, 0.05) is 36.0 Å². The molecule has 0 amide bonds. The fourth-order valence-corrected chi connectivity index (χ4v) is 2.74. The number of hydrogen-bond donors (Lipinski definition) is 0. The van der Waals surface area contributed by atoms with E-state index >= 15 is 0 Å². The standard InChI is InChI=1S/C10H10N2.C10H13NS.C2H6/c1-12-7-10(11-8-12)9-5-3-2-4-6-9;1-3-6-11-10(4-2)9-5-7-12-8-9;1-2/h2-8H,1H3;4-8H,3H2,1-2H3;1-2H3/b;10-4-,11-6?;. The van der Waals surface area contributed by atoms with Gasteiger partial charge in [0.2, 0.25) is 0 Å². The van der Waals surface area contributed by atoms with Crippen LogP contribution in [0.4, 0.5) is 0 Å².